The third-order valence-corrected chi connectivity index (χ3v) is 18.7. The lowest BCUT2D eigenvalue weighted by atomic mass is 10.1. The second-order valence-electron chi connectivity index (χ2n) is 22.3. The van der Waals surface area contributed by atoms with Crippen molar-refractivity contribution in [2.24, 2.45) is 0 Å². The predicted molar refractivity (Wildman–Crippen MR) is 353 cm³/mol. The van der Waals surface area contributed by atoms with Gasteiger partial charge in [-0.05, 0) is 117 Å². The average molecular weight is 1330 g/mol. The minimum absolute atomic E-state index is 0.0113. The van der Waals surface area contributed by atoms with Crippen molar-refractivity contribution in [2.75, 3.05) is 93.1 Å². The second kappa shape index (κ2) is 33.1. The van der Waals surface area contributed by atoms with Crippen LogP contribution in [0.25, 0.3) is 0 Å². The molecule has 0 radical (unpaired) electrons. The number of ether oxygens (including phenoxy) is 2. The molecule has 3 amide bonds. The van der Waals surface area contributed by atoms with E-state index in [9.17, 15) is 55.7 Å². The van der Waals surface area contributed by atoms with E-state index in [0.29, 0.717) is 95.7 Å². The zero-order valence-electron chi connectivity index (χ0n) is 52.1. The molecular weight excluding hydrogens is 1260 g/mol. The maximum atomic E-state index is 13.3. The van der Waals surface area contributed by atoms with E-state index in [-0.39, 0.29) is 80.7 Å². The molecule has 3 aromatic carbocycles. The molecule has 1 saturated heterocycles. The Kier molecular flexibility index (Phi) is 25.8. The number of carbonyl (C=O) groups excluding carboxylic acids is 3. The number of nitrogens with zero attached hydrogens (tertiary/aromatic N) is 6. The summed E-state index contributed by atoms with van der Waals surface area (Å²) in [5.74, 6) is 18.1. The molecule has 27 heteroatoms. The number of aromatic nitrogens is 3. The molecule has 0 aliphatic carbocycles. The van der Waals surface area contributed by atoms with E-state index in [4.69, 9.17) is 9.47 Å². The number of nitrogens with one attached hydrogen (secondary N) is 3. The topological polar surface area (TPSA) is 320 Å². The highest BCUT2D eigenvalue weighted by atomic mass is 32.2. The Balaban J connectivity index is 1.08. The number of hydrogen-bond donors (Lipinski definition) is 7. The zero-order valence-corrected chi connectivity index (χ0v) is 55.6. The number of aryl methyl sites for hydroxylation is 1. The first-order valence-electron chi connectivity index (χ1n) is 29.4. The van der Waals surface area contributed by atoms with Gasteiger partial charge in [-0.3, -0.25) is 47.3 Å². The molecule has 1 fully saturated rings. The molecule has 0 bridgehead atoms. The number of carbonyl (C=O) groups is 3. The van der Waals surface area contributed by atoms with Crippen molar-refractivity contribution in [3.8, 4) is 47.0 Å². The molecule has 6 aromatic rings. The van der Waals surface area contributed by atoms with Crippen molar-refractivity contribution < 1.29 is 65.2 Å². The molecule has 4 atom stereocenters. The number of rotatable bonds is 23. The van der Waals surface area contributed by atoms with Crippen LogP contribution < -0.4 is 41.7 Å². The van der Waals surface area contributed by atoms with Crippen molar-refractivity contribution in [1.82, 2.24) is 45.6 Å². The lowest BCUT2D eigenvalue weighted by Gasteiger charge is -2.26. The third-order valence-electron chi connectivity index (χ3n) is 14.4. The fraction of sp³-hybridized carbons (Fsp3) is 0.354. The summed E-state index contributed by atoms with van der Waals surface area (Å²) in [6.07, 6.45) is 0.459. The normalized spacial score (nSPS) is 15.4. The number of pyridine rings is 3. The van der Waals surface area contributed by atoms with Crippen LogP contribution in [0.3, 0.4) is 0 Å². The van der Waals surface area contributed by atoms with Gasteiger partial charge in [0.05, 0.1) is 30.8 Å². The molecule has 0 saturated carbocycles. The minimum Gasteiger partial charge on any atom is -0.497 e. The summed E-state index contributed by atoms with van der Waals surface area (Å²) in [6.45, 7) is 8.87. The number of benzene rings is 3. The monoisotopic (exact) mass is 1330 g/mol. The van der Waals surface area contributed by atoms with Gasteiger partial charge in [-0.15, -0.1) is 0 Å². The first-order valence-corrected chi connectivity index (χ1v) is 37.2. The number of methoxy groups -OCH3 is 1. The molecule has 23 nitrogen and oxygen atoms in total. The average Bonchev–Trinajstić information content (AvgIpc) is 1.07. The molecule has 486 valence electrons. The summed E-state index contributed by atoms with van der Waals surface area (Å²) in [6, 6.07) is 31.7. The summed E-state index contributed by atoms with van der Waals surface area (Å²) >= 11 is 0. The van der Waals surface area contributed by atoms with Gasteiger partial charge in [-0.2, -0.15) is 8.42 Å². The Labute approximate surface area is 537 Å². The zero-order chi connectivity index (χ0) is 66.6. The molecule has 7 rings (SSSR count). The molecule has 7 N–H and O–H groups in total. The molecule has 1 aliphatic heterocycles. The van der Waals surface area contributed by atoms with Crippen LogP contribution in [0.2, 0.25) is 0 Å². The van der Waals surface area contributed by atoms with Gasteiger partial charge in [0.2, 0.25) is 39.8 Å². The highest BCUT2D eigenvalue weighted by molar-refractivity contribution is 7.87. The van der Waals surface area contributed by atoms with Crippen molar-refractivity contribution in [2.45, 2.75) is 57.5 Å². The fourth-order valence-corrected chi connectivity index (χ4v) is 12.0. The van der Waals surface area contributed by atoms with Crippen LogP contribution >= 0.6 is 22.1 Å². The summed E-state index contributed by atoms with van der Waals surface area (Å²) in [4.78, 5) is 89.4. The Hall–Kier alpha value is -7.84. The number of hydrogen-bond acceptors (Lipinski definition) is 16. The maximum absolute atomic E-state index is 13.3. The van der Waals surface area contributed by atoms with Crippen LogP contribution in [0.1, 0.15) is 81.7 Å². The van der Waals surface area contributed by atoms with E-state index in [1.807, 2.05) is 55.5 Å². The summed E-state index contributed by atoms with van der Waals surface area (Å²) in [5, 5.41) is 5.23. The van der Waals surface area contributed by atoms with Crippen LogP contribution in [-0.4, -0.2) is 173 Å². The number of amides is 3. The molecule has 92 heavy (non-hydrogen) atoms. The van der Waals surface area contributed by atoms with E-state index < -0.39 is 55.8 Å². The van der Waals surface area contributed by atoms with Gasteiger partial charge in [0.25, 0.3) is 10.1 Å². The summed E-state index contributed by atoms with van der Waals surface area (Å²) < 4.78 is 84.6. The largest absolute Gasteiger partial charge is 0.497 e. The van der Waals surface area contributed by atoms with Gasteiger partial charge in [0, 0.05) is 145 Å². The lowest BCUT2D eigenvalue weighted by Crippen LogP contribution is -2.47. The van der Waals surface area contributed by atoms with Crippen molar-refractivity contribution in [3.05, 3.63) is 165 Å². The van der Waals surface area contributed by atoms with E-state index in [1.54, 1.807) is 55.6 Å². The SMILES string of the molecule is CNC(=O)CCCC(=O)NCC(C(=O)NCCCOc1ccc(C#Cc2cc(CN3CCN(Cc4cc(C#Cc5ccc(C)cc5)cc(P(C)(=O)O)n4)CCN(Cc4cc(C#Cc5ccc(OC)cc5)cc(P(C)(=O)O)n4)CC3)nc(P(C)(=O)O)c2)cc1)S(=O)(=O)O. The predicted octanol–water partition coefficient (Wildman–Crippen LogP) is 3.96. The van der Waals surface area contributed by atoms with Gasteiger partial charge in [0.15, 0.2) is 5.25 Å². The van der Waals surface area contributed by atoms with Crippen LogP contribution in [0.5, 0.6) is 11.5 Å². The third kappa shape index (κ3) is 23.7. The van der Waals surface area contributed by atoms with E-state index in [1.165, 1.54) is 39.2 Å². The van der Waals surface area contributed by atoms with E-state index >= 15 is 0 Å². The molecular formula is C65H76N9O14P3S. The fourth-order valence-electron chi connectivity index (χ4n) is 9.29. The van der Waals surface area contributed by atoms with Crippen LogP contribution in [-0.2, 0) is 57.8 Å². The van der Waals surface area contributed by atoms with Crippen LogP contribution in [0.4, 0.5) is 0 Å². The van der Waals surface area contributed by atoms with E-state index in [2.05, 4.69) is 81.1 Å². The van der Waals surface area contributed by atoms with Crippen LogP contribution in [0, 0.1) is 42.4 Å². The second-order valence-corrected chi connectivity index (χ2v) is 30.5. The Bertz CT molecular complexity index is 4070. The summed E-state index contributed by atoms with van der Waals surface area (Å²) in [5.41, 5.74) is 6.19. The van der Waals surface area contributed by atoms with Crippen molar-refractivity contribution in [3.63, 3.8) is 0 Å². The molecule has 1 aliphatic rings. The summed E-state index contributed by atoms with van der Waals surface area (Å²) in [7, 11) is -13.4. The van der Waals surface area contributed by atoms with E-state index in [0.717, 1.165) is 11.1 Å². The van der Waals surface area contributed by atoms with Crippen LogP contribution in [0.15, 0.2) is 109 Å². The highest BCUT2D eigenvalue weighted by Gasteiger charge is 2.32. The molecule has 3 aromatic heterocycles. The standard InChI is InChI=1S/C65H76N9O14P3S/c1-47-11-13-48(14-12-47)15-18-51-37-54(69-62(40-51)89(4,78)79)44-72-30-32-73(45-55-38-52(41-63(70-55)90(5,80)81)19-16-49-21-25-57(87-3)26-22-49)34-35-74(33-31-72)46-56-39-53(42-64(71-56)91(6,82)83)20-17-50-23-27-58(28-24-50)88-36-8-29-67-65(77)59(92(84,85)86)43-68-61(76)10-7-9-60(75)66-2/h11-14,21-28,37-42,59H,7-10,29-36,43-46H2,1-6H3,(H,66,75)(H,67,77)(H,68,76)(H,78,79)(H,80,81)(H,82,83)(H,84,85,86). The van der Waals surface area contributed by atoms with Gasteiger partial charge in [-0.25, -0.2) is 15.0 Å². The molecule has 0 spiro atoms. The quantitative estimate of drug-likeness (QED) is 0.0207. The van der Waals surface area contributed by atoms with Crippen molar-refractivity contribution in [1.29, 1.82) is 0 Å². The first-order chi connectivity index (χ1) is 43.6. The molecule has 4 heterocycles. The van der Waals surface area contributed by atoms with Gasteiger partial charge in [0.1, 0.15) is 27.8 Å². The lowest BCUT2D eigenvalue weighted by molar-refractivity contribution is -0.122. The smallest absolute Gasteiger partial charge is 0.278 e. The molecule has 4 unspecified atom stereocenters. The Morgan fingerprint density at radius 2 is 0.924 bits per heavy atom. The van der Waals surface area contributed by atoms with Crippen molar-refractivity contribution >= 4 is 66.3 Å². The Morgan fingerprint density at radius 1 is 0.554 bits per heavy atom. The maximum Gasteiger partial charge on any atom is 0.278 e. The Morgan fingerprint density at radius 3 is 1.29 bits per heavy atom. The van der Waals surface area contributed by atoms with Gasteiger partial charge in [-0.1, -0.05) is 53.2 Å². The van der Waals surface area contributed by atoms with Gasteiger partial charge >= 0.3 is 0 Å². The van der Waals surface area contributed by atoms with Gasteiger partial charge < -0.3 is 40.1 Å². The highest BCUT2D eigenvalue weighted by Crippen LogP contribution is 2.35. The first kappa shape index (κ1) is 71.6. The minimum atomic E-state index is -4.87.